The van der Waals surface area contributed by atoms with Crippen LogP contribution in [0.5, 0.6) is 0 Å². The lowest BCUT2D eigenvalue weighted by Gasteiger charge is -2.15. The zero-order chi connectivity index (χ0) is 14.4. The van der Waals surface area contributed by atoms with Gasteiger partial charge in [-0.05, 0) is 24.4 Å². The quantitative estimate of drug-likeness (QED) is 0.573. The van der Waals surface area contributed by atoms with Gasteiger partial charge in [-0.25, -0.2) is 4.98 Å². The first-order chi connectivity index (χ1) is 9.80. The number of rotatable bonds is 8. The van der Waals surface area contributed by atoms with E-state index < -0.39 is 0 Å². The number of hydrogen-bond acceptors (Lipinski definition) is 6. The maximum atomic E-state index is 5.73. The van der Waals surface area contributed by atoms with Crippen molar-refractivity contribution in [2.45, 2.75) is 52.1 Å². The van der Waals surface area contributed by atoms with Crippen LogP contribution < -0.4 is 11.3 Å². The summed E-state index contributed by atoms with van der Waals surface area (Å²) in [4.78, 5) is 5.56. The summed E-state index contributed by atoms with van der Waals surface area (Å²) < 4.78 is 6.25. The summed E-state index contributed by atoms with van der Waals surface area (Å²) in [6.45, 7) is 5.28. The molecule has 2 rings (SSSR count). The number of aryl methyl sites for hydroxylation is 2. The first-order valence-corrected chi connectivity index (χ1v) is 7.84. The van der Waals surface area contributed by atoms with Crippen molar-refractivity contribution >= 4 is 11.5 Å². The summed E-state index contributed by atoms with van der Waals surface area (Å²) in [7, 11) is 0. The summed E-state index contributed by atoms with van der Waals surface area (Å²) in [5, 5.41) is 4.21. The van der Waals surface area contributed by atoms with Crippen LogP contribution in [0.4, 0.5) is 0 Å². The summed E-state index contributed by atoms with van der Waals surface area (Å²) in [6.07, 6.45) is 7.70. The van der Waals surface area contributed by atoms with E-state index in [9.17, 15) is 0 Å². The molecule has 1 atom stereocenters. The minimum absolute atomic E-state index is 0.0227. The summed E-state index contributed by atoms with van der Waals surface area (Å²) in [6, 6.07) is 0.0227. The molecule has 0 fully saturated rings. The molecule has 0 bridgehead atoms. The highest BCUT2D eigenvalue weighted by Gasteiger charge is 2.20. The van der Waals surface area contributed by atoms with Crippen LogP contribution >= 0.6 is 11.5 Å². The third-order valence-corrected chi connectivity index (χ3v) is 4.12. The van der Waals surface area contributed by atoms with Gasteiger partial charge < -0.3 is 4.57 Å². The fraction of sp³-hybridized carbons (Fsp3) is 0.615. The van der Waals surface area contributed by atoms with Crippen LogP contribution in [-0.4, -0.2) is 19.1 Å². The van der Waals surface area contributed by atoms with E-state index in [0.29, 0.717) is 0 Å². The number of hydrazine groups is 1. The third kappa shape index (κ3) is 3.41. The first-order valence-electron chi connectivity index (χ1n) is 7.07. The standard InChI is InChI=1S/C13H22N6S/c1-3-5-10-13(20-18-17-10)11(16-14)9-12-15-6-8-19(12)7-4-2/h6,8,11,16H,3-5,7,9,14H2,1-2H3. The van der Waals surface area contributed by atoms with Gasteiger partial charge in [0.15, 0.2) is 0 Å². The second-order valence-electron chi connectivity index (χ2n) is 4.79. The Morgan fingerprint density at radius 2 is 2.25 bits per heavy atom. The Morgan fingerprint density at radius 1 is 1.40 bits per heavy atom. The minimum Gasteiger partial charge on any atom is -0.335 e. The second-order valence-corrected chi connectivity index (χ2v) is 5.58. The fourth-order valence-electron chi connectivity index (χ4n) is 2.27. The molecule has 1 unspecified atom stereocenters. The molecule has 7 heteroatoms. The van der Waals surface area contributed by atoms with E-state index >= 15 is 0 Å². The van der Waals surface area contributed by atoms with Crippen LogP contribution in [-0.2, 0) is 19.4 Å². The van der Waals surface area contributed by atoms with Gasteiger partial charge in [-0.1, -0.05) is 24.8 Å². The van der Waals surface area contributed by atoms with Crippen molar-refractivity contribution in [3.63, 3.8) is 0 Å². The van der Waals surface area contributed by atoms with Gasteiger partial charge in [-0.3, -0.25) is 11.3 Å². The molecule has 6 nitrogen and oxygen atoms in total. The minimum atomic E-state index is 0.0227. The van der Waals surface area contributed by atoms with Crippen LogP contribution in [0.1, 0.15) is 49.1 Å². The highest BCUT2D eigenvalue weighted by molar-refractivity contribution is 7.05. The van der Waals surface area contributed by atoms with Gasteiger partial charge in [0, 0.05) is 25.4 Å². The number of aromatic nitrogens is 4. The van der Waals surface area contributed by atoms with Gasteiger partial charge in [0.25, 0.3) is 0 Å². The van der Waals surface area contributed by atoms with Crippen LogP contribution in [0, 0.1) is 0 Å². The molecule has 0 amide bonds. The first kappa shape index (κ1) is 15.1. The SMILES string of the molecule is CCCc1nnsc1C(Cc1nccn1CCC)NN. The van der Waals surface area contributed by atoms with E-state index in [0.717, 1.165) is 48.6 Å². The van der Waals surface area contributed by atoms with Crippen LogP contribution in [0.25, 0.3) is 0 Å². The molecule has 110 valence electrons. The number of imidazole rings is 1. The predicted molar refractivity (Wildman–Crippen MR) is 80.2 cm³/mol. The Hall–Kier alpha value is -1.31. The van der Waals surface area contributed by atoms with E-state index in [1.165, 1.54) is 11.5 Å². The number of hydrogen-bond donors (Lipinski definition) is 2. The molecule has 0 aliphatic heterocycles. The zero-order valence-corrected chi connectivity index (χ0v) is 12.9. The van der Waals surface area contributed by atoms with Crippen molar-refractivity contribution in [2.75, 3.05) is 0 Å². The number of nitrogens with one attached hydrogen (secondary N) is 1. The average Bonchev–Trinajstić information content (AvgIpc) is 3.07. The molecule has 0 aromatic carbocycles. The smallest absolute Gasteiger partial charge is 0.110 e. The molecule has 2 aromatic rings. The Bertz CT molecular complexity index is 520. The largest absolute Gasteiger partial charge is 0.335 e. The van der Waals surface area contributed by atoms with Crippen molar-refractivity contribution in [3.05, 3.63) is 28.8 Å². The van der Waals surface area contributed by atoms with Crippen LogP contribution in [0.15, 0.2) is 12.4 Å². The number of nitrogens with two attached hydrogens (primary N) is 1. The van der Waals surface area contributed by atoms with E-state index in [1.54, 1.807) is 0 Å². The van der Waals surface area contributed by atoms with Crippen LogP contribution in [0.3, 0.4) is 0 Å². The summed E-state index contributed by atoms with van der Waals surface area (Å²) in [5.41, 5.74) is 3.94. The van der Waals surface area contributed by atoms with Gasteiger partial charge in [0.2, 0.25) is 0 Å². The highest BCUT2D eigenvalue weighted by Crippen LogP contribution is 2.24. The van der Waals surface area contributed by atoms with Gasteiger partial charge >= 0.3 is 0 Å². The van der Waals surface area contributed by atoms with Crippen molar-refractivity contribution in [2.24, 2.45) is 5.84 Å². The fourth-order valence-corrected chi connectivity index (χ4v) is 3.03. The molecule has 2 aromatic heterocycles. The van der Waals surface area contributed by atoms with Crippen molar-refractivity contribution in [3.8, 4) is 0 Å². The van der Waals surface area contributed by atoms with Crippen LogP contribution in [0.2, 0.25) is 0 Å². The van der Waals surface area contributed by atoms with Gasteiger partial charge in [0.05, 0.1) is 16.6 Å². The van der Waals surface area contributed by atoms with E-state index in [-0.39, 0.29) is 6.04 Å². The average molecular weight is 294 g/mol. The molecular weight excluding hydrogens is 272 g/mol. The molecule has 2 heterocycles. The molecule has 0 saturated heterocycles. The summed E-state index contributed by atoms with van der Waals surface area (Å²) in [5.74, 6) is 6.78. The monoisotopic (exact) mass is 294 g/mol. The lowest BCUT2D eigenvalue weighted by atomic mass is 10.1. The van der Waals surface area contributed by atoms with E-state index in [2.05, 4.69) is 38.4 Å². The summed E-state index contributed by atoms with van der Waals surface area (Å²) >= 11 is 1.42. The van der Waals surface area contributed by atoms with E-state index in [1.807, 2.05) is 12.4 Å². The third-order valence-electron chi connectivity index (χ3n) is 3.24. The topological polar surface area (TPSA) is 81.7 Å². The molecule has 0 aliphatic carbocycles. The molecule has 0 aliphatic rings. The predicted octanol–water partition coefficient (Wildman–Crippen LogP) is 1.84. The zero-order valence-electron chi connectivity index (χ0n) is 12.0. The van der Waals surface area contributed by atoms with Gasteiger partial charge in [0.1, 0.15) is 5.82 Å². The Labute approximate surface area is 123 Å². The van der Waals surface area contributed by atoms with E-state index in [4.69, 9.17) is 5.84 Å². The molecular formula is C13H22N6S. The van der Waals surface area contributed by atoms with Gasteiger partial charge in [-0.2, -0.15) is 0 Å². The molecule has 20 heavy (non-hydrogen) atoms. The normalized spacial score (nSPS) is 12.8. The molecule has 0 spiro atoms. The highest BCUT2D eigenvalue weighted by atomic mass is 32.1. The lowest BCUT2D eigenvalue weighted by Crippen LogP contribution is -2.30. The molecule has 0 saturated carbocycles. The number of nitrogens with zero attached hydrogens (tertiary/aromatic N) is 4. The van der Waals surface area contributed by atoms with Gasteiger partial charge in [-0.15, -0.1) is 5.10 Å². The molecule has 3 N–H and O–H groups in total. The maximum Gasteiger partial charge on any atom is 0.110 e. The Balaban J connectivity index is 2.15. The molecule has 0 radical (unpaired) electrons. The Morgan fingerprint density at radius 3 is 2.95 bits per heavy atom. The van der Waals surface area contributed by atoms with Crippen molar-refractivity contribution in [1.82, 2.24) is 24.6 Å². The maximum absolute atomic E-state index is 5.73. The lowest BCUT2D eigenvalue weighted by molar-refractivity contribution is 0.519. The Kier molecular flexibility index (Phi) is 5.63. The van der Waals surface area contributed by atoms with Crippen molar-refractivity contribution < 1.29 is 0 Å². The second kappa shape index (κ2) is 7.47. The van der Waals surface area contributed by atoms with Crippen molar-refractivity contribution in [1.29, 1.82) is 0 Å².